The first-order valence-electron chi connectivity index (χ1n) is 5.69. The third-order valence-electron chi connectivity index (χ3n) is 2.99. The third-order valence-corrected chi connectivity index (χ3v) is 2.99. The molecule has 0 radical (unpaired) electrons. The summed E-state index contributed by atoms with van der Waals surface area (Å²) in [6.07, 6.45) is 3.52. The van der Waals surface area contributed by atoms with Crippen molar-refractivity contribution in [3.05, 3.63) is 23.4 Å². The van der Waals surface area contributed by atoms with E-state index in [0.717, 1.165) is 18.8 Å². The standard InChI is InChI=1S/C12H18N2O/c1-2-14(8-9-15)12-7-6-10-4-3-5-11(10)13-12/h6-7,15H,2-5,8-9H2,1H3. The molecule has 1 N–H and O–H groups in total. The summed E-state index contributed by atoms with van der Waals surface area (Å²) in [6, 6.07) is 4.26. The molecule has 1 aromatic heterocycles. The van der Waals surface area contributed by atoms with Crippen LogP contribution < -0.4 is 4.90 Å². The van der Waals surface area contributed by atoms with Gasteiger partial charge in [-0.15, -0.1) is 0 Å². The second-order valence-electron chi connectivity index (χ2n) is 3.93. The van der Waals surface area contributed by atoms with E-state index in [9.17, 15) is 0 Å². The molecular weight excluding hydrogens is 188 g/mol. The molecular formula is C12H18N2O. The van der Waals surface area contributed by atoms with E-state index in [1.807, 2.05) is 0 Å². The number of likely N-dealkylation sites (N-methyl/N-ethyl adjacent to an activating group) is 1. The van der Waals surface area contributed by atoms with Crippen molar-refractivity contribution in [2.45, 2.75) is 26.2 Å². The van der Waals surface area contributed by atoms with Crippen LogP contribution >= 0.6 is 0 Å². The Morgan fingerprint density at radius 1 is 1.40 bits per heavy atom. The van der Waals surface area contributed by atoms with Gasteiger partial charge >= 0.3 is 0 Å². The van der Waals surface area contributed by atoms with Crippen LogP contribution in [0.15, 0.2) is 12.1 Å². The summed E-state index contributed by atoms with van der Waals surface area (Å²) in [7, 11) is 0. The second-order valence-corrected chi connectivity index (χ2v) is 3.93. The van der Waals surface area contributed by atoms with Crippen LogP contribution in [-0.2, 0) is 12.8 Å². The maximum absolute atomic E-state index is 8.95. The number of fused-ring (bicyclic) bond motifs is 1. The summed E-state index contributed by atoms with van der Waals surface area (Å²) >= 11 is 0. The van der Waals surface area contributed by atoms with E-state index in [4.69, 9.17) is 5.11 Å². The van der Waals surface area contributed by atoms with Crippen LogP contribution in [0.5, 0.6) is 0 Å². The molecule has 1 aliphatic carbocycles. The first kappa shape index (κ1) is 10.4. The van der Waals surface area contributed by atoms with Crippen LogP contribution in [0.1, 0.15) is 24.6 Å². The number of anilines is 1. The Morgan fingerprint density at radius 2 is 2.27 bits per heavy atom. The van der Waals surface area contributed by atoms with Gasteiger partial charge < -0.3 is 10.0 Å². The highest BCUT2D eigenvalue weighted by atomic mass is 16.3. The summed E-state index contributed by atoms with van der Waals surface area (Å²) in [5, 5.41) is 8.95. The van der Waals surface area contributed by atoms with Crippen molar-refractivity contribution < 1.29 is 5.11 Å². The third kappa shape index (κ3) is 2.12. The van der Waals surface area contributed by atoms with Crippen LogP contribution in [0.4, 0.5) is 5.82 Å². The Labute approximate surface area is 90.8 Å². The van der Waals surface area contributed by atoms with Crippen molar-refractivity contribution in [1.82, 2.24) is 4.98 Å². The SMILES string of the molecule is CCN(CCO)c1ccc2c(n1)CCC2. The Bertz CT molecular complexity index is 338. The van der Waals surface area contributed by atoms with Gasteiger partial charge in [-0.25, -0.2) is 4.98 Å². The molecule has 0 bridgehead atoms. The largest absolute Gasteiger partial charge is 0.395 e. The highest BCUT2D eigenvalue weighted by Gasteiger charge is 2.14. The van der Waals surface area contributed by atoms with E-state index in [1.165, 1.54) is 24.1 Å². The molecule has 3 nitrogen and oxygen atoms in total. The number of hydrogen-bond acceptors (Lipinski definition) is 3. The van der Waals surface area contributed by atoms with Gasteiger partial charge in [-0.05, 0) is 37.8 Å². The van der Waals surface area contributed by atoms with Crippen LogP contribution in [0.3, 0.4) is 0 Å². The van der Waals surface area contributed by atoms with E-state index in [1.54, 1.807) is 0 Å². The Kier molecular flexibility index (Phi) is 3.21. The van der Waals surface area contributed by atoms with Crippen molar-refractivity contribution in [3.8, 4) is 0 Å². The lowest BCUT2D eigenvalue weighted by Crippen LogP contribution is -2.27. The monoisotopic (exact) mass is 206 g/mol. The van der Waals surface area contributed by atoms with Crippen LogP contribution in [-0.4, -0.2) is 29.8 Å². The fourth-order valence-electron chi connectivity index (χ4n) is 2.14. The van der Waals surface area contributed by atoms with Gasteiger partial charge in [-0.2, -0.15) is 0 Å². The second kappa shape index (κ2) is 4.62. The minimum atomic E-state index is 0.187. The molecule has 0 spiro atoms. The number of aliphatic hydroxyl groups is 1. The number of aromatic nitrogens is 1. The number of hydrogen-bond donors (Lipinski definition) is 1. The lowest BCUT2D eigenvalue weighted by atomic mass is 10.2. The smallest absolute Gasteiger partial charge is 0.128 e. The zero-order valence-corrected chi connectivity index (χ0v) is 9.24. The molecule has 0 atom stereocenters. The minimum Gasteiger partial charge on any atom is -0.395 e. The fourth-order valence-corrected chi connectivity index (χ4v) is 2.14. The predicted molar refractivity (Wildman–Crippen MR) is 61.2 cm³/mol. The molecule has 0 aliphatic heterocycles. The van der Waals surface area contributed by atoms with E-state index in [0.29, 0.717) is 6.54 Å². The van der Waals surface area contributed by atoms with Crippen molar-refractivity contribution in [2.24, 2.45) is 0 Å². The molecule has 82 valence electrons. The maximum Gasteiger partial charge on any atom is 0.128 e. The average Bonchev–Trinajstić information content (AvgIpc) is 2.72. The normalized spacial score (nSPS) is 14.0. The molecule has 0 aromatic carbocycles. The van der Waals surface area contributed by atoms with Gasteiger partial charge in [0.15, 0.2) is 0 Å². The first-order chi connectivity index (χ1) is 7.35. The molecule has 0 saturated carbocycles. The zero-order chi connectivity index (χ0) is 10.7. The number of rotatable bonds is 4. The average molecular weight is 206 g/mol. The Balaban J connectivity index is 2.20. The Hall–Kier alpha value is -1.09. The lowest BCUT2D eigenvalue weighted by Gasteiger charge is -2.21. The van der Waals surface area contributed by atoms with Gasteiger partial charge in [-0.1, -0.05) is 6.07 Å². The molecule has 0 unspecified atom stereocenters. The lowest BCUT2D eigenvalue weighted by molar-refractivity contribution is 0.302. The van der Waals surface area contributed by atoms with Gasteiger partial charge in [0.25, 0.3) is 0 Å². The van der Waals surface area contributed by atoms with Crippen LogP contribution in [0.2, 0.25) is 0 Å². The summed E-state index contributed by atoms with van der Waals surface area (Å²) in [6.45, 7) is 3.84. The van der Waals surface area contributed by atoms with Gasteiger partial charge in [-0.3, -0.25) is 0 Å². The van der Waals surface area contributed by atoms with Crippen molar-refractivity contribution in [3.63, 3.8) is 0 Å². The summed E-state index contributed by atoms with van der Waals surface area (Å²) in [5.41, 5.74) is 2.66. The number of pyridine rings is 1. The van der Waals surface area contributed by atoms with Gasteiger partial charge in [0.1, 0.15) is 5.82 Å². The topological polar surface area (TPSA) is 36.4 Å². The highest BCUT2D eigenvalue weighted by molar-refractivity contribution is 5.42. The van der Waals surface area contributed by atoms with Gasteiger partial charge in [0.2, 0.25) is 0 Å². The van der Waals surface area contributed by atoms with E-state index < -0.39 is 0 Å². The van der Waals surface area contributed by atoms with Gasteiger partial charge in [0.05, 0.1) is 6.61 Å². The van der Waals surface area contributed by atoms with E-state index in [-0.39, 0.29) is 6.61 Å². The van der Waals surface area contributed by atoms with Crippen molar-refractivity contribution in [1.29, 1.82) is 0 Å². The molecule has 0 amide bonds. The van der Waals surface area contributed by atoms with E-state index in [2.05, 4.69) is 28.9 Å². The highest BCUT2D eigenvalue weighted by Crippen LogP contribution is 2.23. The summed E-state index contributed by atoms with van der Waals surface area (Å²) in [5.74, 6) is 1.01. The molecule has 1 aromatic rings. The maximum atomic E-state index is 8.95. The molecule has 0 fully saturated rings. The number of nitrogens with zero attached hydrogens (tertiary/aromatic N) is 2. The first-order valence-corrected chi connectivity index (χ1v) is 5.69. The Morgan fingerprint density at radius 3 is 3.00 bits per heavy atom. The molecule has 0 saturated heterocycles. The molecule has 1 aliphatic rings. The molecule has 1 heterocycles. The van der Waals surface area contributed by atoms with Crippen molar-refractivity contribution in [2.75, 3.05) is 24.6 Å². The molecule has 2 rings (SSSR count). The zero-order valence-electron chi connectivity index (χ0n) is 9.24. The van der Waals surface area contributed by atoms with Gasteiger partial charge in [0, 0.05) is 18.8 Å². The van der Waals surface area contributed by atoms with Crippen LogP contribution in [0, 0.1) is 0 Å². The number of aliphatic hydroxyl groups excluding tert-OH is 1. The number of aryl methyl sites for hydroxylation is 2. The fraction of sp³-hybridized carbons (Fsp3) is 0.583. The predicted octanol–water partition coefficient (Wildman–Crippen LogP) is 1.39. The molecule has 15 heavy (non-hydrogen) atoms. The minimum absolute atomic E-state index is 0.187. The summed E-state index contributed by atoms with van der Waals surface area (Å²) in [4.78, 5) is 6.77. The quantitative estimate of drug-likeness (QED) is 0.808. The van der Waals surface area contributed by atoms with Crippen LogP contribution in [0.25, 0.3) is 0 Å². The molecule has 3 heteroatoms. The van der Waals surface area contributed by atoms with E-state index >= 15 is 0 Å². The summed E-state index contributed by atoms with van der Waals surface area (Å²) < 4.78 is 0. The van der Waals surface area contributed by atoms with Crippen molar-refractivity contribution >= 4 is 5.82 Å².